The lowest BCUT2D eigenvalue weighted by atomic mass is 9.56. The van der Waals surface area contributed by atoms with Gasteiger partial charge in [-0.05, 0) is 164 Å². The molecule has 7 unspecified atom stereocenters. The van der Waals surface area contributed by atoms with Gasteiger partial charge >= 0.3 is 0 Å². The van der Waals surface area contributed by atoms with Crippen LogP contribution < -0.4 is 0 Å². The van der Waals surface area contributed by atoms with Crippen molar-refractivity contribution in [3.63, 3.8) is 0 Å². The summed E-state index contributed by atoms with van der Waals surface area (Å²) in [5, 5.41) is 25.0. The lowest BCUT2D eigenvalue weighted by Gasteiger charge is -2.48. The number of nitrogens with zero attached hydrogens (tertiary/aromatic N) is 3. The summed E-state index contributed by atoms with van der Waals surface area (Å²) in [6.07, 6.45) is 6.95. The van der Waals surface area contributed by atoms with E-state index in [0.717, 1.165) is 71.5 Å². The fourth-order valence-corrected chi connectivity index (χ4v) is 16.8. The van der Waals surface area contributed by atoms with E-state index < -0.39 is 22.7 Å². The third kappa shape index (κ3) is 2.97. The van der Waals surface area contributed by atoms with Gasteiger partial charge in [0.05, 0.1) is 39.8 Å². The molecule has 1 spiro atoms. The molecular formula is C49H37F4N3. The average molecular weight is 744 g/mol. The highest BCUT2D eigenvalue weighted by Gasteiger charge is 2.75. The monoisotopic (exact) mass is 743 g/mol. The number of rotatable bonds is 0. The van der Waals surface area contributed by atoms with Crippen molar-refractivity contribution in [2.45, 2.75) is 113 Å². The SMILES string of the molecule is N#Cc1cc2c(c3c1C1(F)CC4CC(C1)CC3(F)C4)c1c3c4c(c5c6c7c(c(C#N)cc6n2c15)C1(F)CC2CC5CC7(F)CC25C1)CCc1cccc(c1-4)CC3. The van der Waals surface area contributed by atoms with Crippen LogP contribution in [0.15, 0.2) is 30.3 Å². The first-order valence-electron chi connectivity index (χ1n) is 21.1. The van der Waals surface area contributed by atoms with E-state index in [1.165, 1.54) is 16.7 Å². The number of aromatic nitrogens is 1. The quantitative estimate of drug-likeness (QED) is 0.146. The highest BCUT2D eigenvalue weighted by Crippen LogP contribution is 2.80. The van der Waals surface area contributed by atoms with Gasteiger partial charge in [0.25, 0.3) is 0 Å². The molecular weight excluding hydrogens is 707 g/mol. The number of benzene rings is 4. The summed E-state index contributed by atoms with van der Waals surface area (Å²) in [5.74, 6) is 0.0885. The first-order valence-corrected chi connectivity index (χ1v) is 21.1. The normalized spacial score (nSPS) is 38.4. The van der Waals surface area contributed by atoms with Crippen LogP contribution in [0.3, 0.4) is 0 Å². The van der Waals surface area contributed by atoms with Gasteiger partial charge in [-0.3, -0.25) is 0 Å². The third-order valence-corrected chi connectivity index (χ3v) is 18.0. The van der Waals surface area contributed by atoms with Crippen LogP contribution >= 0.6 is 0 Å². The fraction of sp³-hybridized carbons (Fsp3) is 0.469. The Morgan fingerprint density at radius 3 is 1.62 bits per heavy atom. The molecule has 3 nitrogen and oxygen atoms in total. The van der Waals surface area contributed by atoms with Gasteiger partial charge in [-0.2, -0.15) is 10.5 Å². The van der Waals surface area contributed by atoms with E-state index in [0.29, 0.717) is 52.2 Å². The highest BCUT2D eigenvalue weighted by atomic mass is 19.2. The molecule has 16 rings (SSSR count). The number of halogens is 4. The number of alkyl halides is 4. The van der Waals surface area contributed by atoms with Crippen molar-refractivity contribution < 1.29 is 17.6 Å². The summed E-state index contributed by atoms with van der Waals surface area (Å²) in [5.41, 5.74) is 3.40. The molecule has 0 amide bonds. The lowest BCUT2D eigenvalue weighted by Crippen LogP contribution is -2.41. The Morgan fingerprint density at radius 2 is 1.07 bits per heavy atom. The van der Waals surface area contributed by atoms with Crippen molar-refractivity contribution in [2.24, 2.45) is 29.1 Å². The van der Waals surface area contributed by atoms with Crippen molar-refractivity contribution in [3.05, 3.63) is 86.0 Å². The van der Waals surface area contributed by atoms with Crippen LogP contribution in [0, 0.1) is 51.7 Å². The maximum Gasteiger partial charge on any atom is 0.138 e. The van der Waals surface area contributed by atoms with Gasteiger partial charge in [0, 0.05) is 43.8 Å². The van der Waals surface area contributed by atoms with Gasteiger partial charge < -0.3 is 4.40 Å². The zero-order valence-electron chi connectivity index (χ0n) is 30.9. The van der Waals surface area contributed by atoms with E-state index in [-0.39, 0.29) is 83.4 Å². The average Bonchev–Trinajstić information content (AvgIpc) is 3.79. The van der Waals surface area contributed by atoms with E-state index in [1.807, 2.05) is 0 Å². The Bertz CT molecular complexity index is 3060. The number of nitriles is 2. The zero-order chi connectivity index (χ0) is 37.2. The van der Waals surface area contributed by atoms with Crippen molar-refractivity contribution in [1.29, 1.82) is 10.5 Å². The van der Waals surface area contributed by atoms with E-state index in [9.17, 15) is 10.5 Å². The maximum atomic E-state index is 18.6. The molecule has 6 aromatic rings. The number of hydrogen-bond donors (Lipinski definition) is 0. The molecule has 7 atom stereocenters. The molecule has 5 fully saturated rings. The Balaban J connectivity index is 1.22. The minimum Gasteiger partial charge on any atom is -0.308 e. The summed E-state index contributed by atoms with van der Waals surface area (Å²) in [7, 11) is 0. The Hall–Kier alpha value is -4.62. The van der Waals surface area contributed by atoms with Gasteiger partial charge in [0.1, 0.15) is 22.7 Å². The second kappa shape index (κ2) is 8.77. The molecule has 7 bridgehead atoms. The Labute approximate surface area is 320 Å². The van der Waals surface area contributed by atoms with Crippen molar-refractivity contribution in [1.82, 2.24) is 4.40 Å². The predicted octanol–water partition coefficient (Wildman–Crippen LogP) is 11.6. The minimum absolute atomic E-state index is 0.0944. The van der Waals surface area contributed by atoms with Crippen LogP contribution in [-0.2, 0) is 48.4 Å². The second-order valence-electron chi connectivity index (χ2n) is 20.3. The van der Waals surface area contributed by atoms with Crippen LogP contribution in [0.2, 0.25) is 0 Å². The van der Waals surface area contributed by atoms with E-state index in [4.69, 9.17) is 0 Å². The number of aryl methyl sites for hydroxylation is 4. The molecule has 0 aliphatic heterocycles. The lowest BCUT2D eigenvalue weighted by molar-refractivity contribution is -0.0301. The molecule has 56 heavy (non-hydrogen) atoms. The molecule has 10 aliphatic carbocycles. The van der Waals surface area contributed by atoms with E-state index in [1.54, 1.807) is 12.1 Å². The minimum atomic E-state index is -1.80. The first-order chi connectivity index (χ1) is 27.0. The molecule has 7 heteroatoms. The third-order valence-electron chi connectivity index (χ3n) is 18.0. The molecule has 4 aromatic carbocycles. The van der Waals surface area contributed by atoms with Gasteiger partial charge in [-0.15, -0.1) is 0 Å². The fourth-order valence-electron chi connectivity index (χ4n) is 16.8. The Morgan fingerprint density at radius 1 is 0.571 bits per heavy atom. The maximum absolute atomic E-state index is 18.6. The molecule has 5 saturated carbocycles. The molecule has 2 aromatic heterocycles. The highest BCUT2D eigenvalue weighted by molar-refractivity contribution is 6.29. The first kappa shape index (κ1) is 30.5. The predicted molar refractivity (Wildman–Crippen MR) is 204 cm³/mol. The van der Waals surface area contributed by atoms with Crippen LogP contribution in [0.1, 0.15) is 120 Å². The van der Waals surface area contributed by atoms with Gasteiger partial charge in [0.15, 0.2) is 0 Å². The van der Waals surface area contributed by atoms with Crippen molar-refractivity contribution >= 4 is 38.1 Å². The van der Waals surface area contributed by atoms with Crippen LogP contribution in [0.4, 0.5) is 17.6 Å². The van der Waals surface area contributed by atoms with Crippen LogP contribution in [-0.4, -0.2) is 4.40 Å². The summed E-state index contributed by atoms with van der Waals surface area (Å²) < 4.78 is 74.9. The molecule has 2 heterocycles. The molecule has 0 saturated heterocycles. The molecule has 276 valence electrons. The van der Waals surface area contributed by atoms with Gasteiger partial charge in [0.2, 0.25) is 0 Å². The summed E-state index contributed by atoms with van der Waals surface area (Å²) in [4.78, 5) is 0. The summed E-state index contributed by atoms with van der Waals surface area (Å²) in [6, 6.07) is 14.9. The summed E-state index contributed by atoms with van der Waals surface area (Å²) >= 11 is 0. The van der Waals surface area contributed by atoms with Gasteiger partial charge in [-0.25, -0.2) is 17.6 Å². The summed E-state index contributed by atoms with van der Waals surface area (Å²) in [6.45, 7) is 0. The van der Waals surface area contributed by atoms with Crippen LogP contribution in [0.25, 0.3) is 49.2 Å². The Kier molecular flexibility index (Phi) is 4.78. The van der Waals surface area contributed by atoms with E-state index >= 15 is 17.6 Å². The second-order valence-corrected chi connectivity index (χ2v) is 20.3. The van der Waals surface area contributed by atoms with Crippen molar-refractivity contribution in [3.8, 4) is 23.3 Å². The largest absolute Gasteiger partial charge is 0.308 e. The smallest absolute Gasteiger partial charge is 0.138 e. The number of hydrogen-bond acceptors (Lipinski definition) is 2. The molecule has 10 aliphatic rings. The van der Waals surface area contributed by atoms with Gasteiger partial charge in [-0.1, -0.05) is 18.2 Å². The standard InChI is InChI=1S/C49H37F4N3/c50-46-12-22-8-23(13-46)15-47(51,14-22)42-38-32(9-26(18-54)40(42)46)56-33-10-27(19-55)41-43(49(53)17-29-11-28-16-48(41,52)20-45(28,29)21-49)39(33)37-31-7-5-25-3-1-2-24-4-6-30(35(31)34(24)25)36(38)44(37)56/h1-3,9-10,22-23,28-29H,4-8,11-17,20-21H2. The molecule has 0 N–H and O–H groups in total. The number of fused-ring (bicyclic) bond motifs is 14. The van der Waals surface area contributed by atoms with Crippen LogP contribution in [0.5, 0.6) is 0 Å². The van der Waals surface area contributed by atoms with E-state index in [2.05, 4.69) is 34.7 Å². The topological polar surface area (TPSA) is 52.0 Å². The molecule has 0 radical (unpaired) electrons. The van der Waals surface area contributed by atoms with Crippen molar-refractivity contribution in [2.75, 3.05) is 0 Å². The zero-order valence-corrected chi connectivity index (χ0v) is 30.9.